The van der Waals surface area contributed by atoms with Gasteiger partial charge in [0, 0.05) is 23.0 Å². The Morgan fingerprint density at radius 3 is 1.97 bits per heavy atom. The van der Waals surface area contributed by atoms with E-state index in [1.807, 2.05) is 41.5 Å². The van der Waals surface area contributed by atoms with Gasteiger partial charge >= 0.3 is 0 Å². The molecule has 1 aromatic carbocycles. The number of hydrogen-bond donors (Lipinski definition) is 1. The van der Waals surface area contributed by atoms with Crippen LogP contribution in [0.15, 0.2) is 27.9 Å². The van der Waals surface area contributed by atoms with Gasteiger partial charge in [-0.2, -0.15) is 0 Å². The normalized spacial score (nSPS) is 16.0. The van der Waals surface area contributed by atoms with Gasteiger partial charge < -0.3 is 4.98 Å². The molecule has 2 aromatic rings. The number of benzene rings is 1. The highest BCUT2D eigenvalue weighted by molar-refractivity contribution is 6.05. The van der Waals surface area contributed by atoms with E-state index in [9.17, 15) is 17.6 Å². The highest BCUT2D eigenvalue weighted by Gasteiger charge is 2.31. The van der Waals surface area contributed by atoms with Crippen LogP contribution in [0.1, 0.15) is 62.2 Å². The van der Waals surface area contributed by atoms with Crippen molar-refractivity contribution in [3.63, 3.8) is 0 Å². The molecule has 0 saturated heterocycles. The minimum absolute atomic E-state index is 0.0407. The molecule has 2 nitrogen and oxygen atoms in total. The average Bonchev–Trinajstić information content (AvgIpc) is 3.11. The molecule has 6 heteroatoms. The molecule has 0 fully saturated rings. The number of rotatable bonds is 4. The number of nitrogens with one attached hydrogen (secondary N) is 1. The third kappa shape index (κ3) is 3.24. The number of halogens is 4. The van der Waals surface area contributed by atoms with Crippen molar-refractivity contribution in [1.82, 2.24) is 4.98 Å². The second-order valence-corrected chi connectivity index (χ2v) is 7.30. The molecule has 29 heavy (non-hydrogen) atoms. The SMILES string of the molecule is CCC1=C(C)C(=C(c2[nH]c(C)c(CC)c2C)c2c(F)c(F)cc(F)c2F)N=C1C. The average molecular weight is 404 g/mol. The molecule has 0 amide bonds. The molecule has 1 aromatic heterocycles. The topological polar surface area (TPSA) is 28.1 Å². The van der Waals surface area contributed by atoms with E-state index in [1.54, 1.807) is 0 Å². The highest BCUT2D eigenvalue weighted by Crippen LogP contribution is 2.41. The van der Waals surface area contributed by atoms with Gasteiger partial charge in [-0.05, 0) is 62.8 Å². The molecule has 2 heterocycles. The number of aromatic amines is 1. The molecule has 0 spiro atoms. The summed E-state index contributed by atoms with van der Waals surface area (Å²) in [6.45, 7) is 11.3. The molecule has 1 aliphatic rings. The Labute approximate surface area is 168 Å². The molecule has 1 aliphatic heterocycles. The third-order valence-electron chi connectivity index (χ3n) is 5.67. The Morgan fingerprint density at radius 1 is 0.931 bits per heavy atom. The minimum atomic E-state index is -1.44. The van der Waals surface area contributed by atoms with E-state index in [0.717, 1.165) is 33.7 Å². The van der Waals surface area contributed by atoms with E-state index in [2.05, 4.69) is 9.98 Å². The van der Waals surface area contributed by atoms with E-state index in [-0.39, 0.29) is 11.6 Å². The van der Waals surface area contributed by atoms with Gasteiger partial charge in [-0.25, -0.2) is 17.6 Å². The van der Waals surface area contributed by atoms with Gasteiger partial charge in [-0.15, -0.1) is 0 Å². The highest BCUT2D eigenvalue weighted by atomic mass is 19.2. The lowest BCUT2D eigenvalue weighted by Crippen LogP contribution is -2.06. The fourth-order valence-corrected chi connectivity index (χ4v) is 4.22. The molecule has 0 unspecified atom stereocenters. The minimum Gasteiger partial charge on any atom is -0.358 e. The van der Waals surface area contributed by atoms with Crippen LogP contribution in [0.25, 0.3) is 5.57 Å². The maximum absolute atomic E-state index is 14.9. The maximum Gasteiger partial charge on any atom is 0.169 e. The fourth-order valence-electron chi connectivity index (χ4n) is 4.22. The van der Waals surface area contributed by atoms with Gasteiger partial charge in [0.05, 0.1) is 17.0 Å². The van der Waals surface area contributed by atoms with Gasteiger partial charge in [0.15, 0.2) is 23.3 Å². The zero-order chi connectivity index (χ0) is 21.6. The Balaban J connectivity index is 2.52. The second kappa shape index (κ2) is 7.65. The zero-order valence-electron chi connectivity index (χ0n) is 17.5. The van der Waals surface area contributed by atoms with Crippen LogP contribution in [0.2, 0.25) is 0 Å². The van der Waals surface area contributed by atoms with Crippen molar-refractivity contribution in [3.8, 4) is 0 Å². The first-order valence-electron chi connectivity index (χ1n) is 9.65. The lowest BCUT2D eigenvalue weighted by atomic mass is 9.92. The lowest BCUT2D eigenvalue weighted by molar-refractivity contribution is 0.450. The maximum atomic E-state index is 14.9. The van der Waals surface area contributed by atoms with E-state index in [4.69, 9.17) is 0 Å². The summed E-state index contributed by atoms with van der Waals surface area (Å²) < 4.78 is 57.9. The summed E-state index contributed by atoms with van der Waals surface area (Å²) in [6.07, 6.45) is 1.39. The summed E-state index contributed by atoms with van der Waals surface area (Å²) in [5, 5.41) is 0. The number of aryl methyl sites for hydroxylation is 1. The molecule has 0 saturated carbocycles. The second-order valence-electron chi connectivity index (χ2n) is 7.30. The van der Waals surface area contributed by atoms with Crippen molar-refractivity contribution < 1.29 is 17.6 Å². The van der Waals surface area contributed by atoms with Crippen LogP contribution in [0, 0.1) is 37.1 Å². The molecule has 154 valence electrons. The lowest BCUT2D eigenvalue weighted by Gasteiger charge is -2.15. The molecule has 0 aliphatic carbocycles. The number of aromatic nitrogens is 1. The first-order chi connectivity index (χ1) is 13.6. The van der Waals surface area contributed by atoms with Gasteiger partial charge in [0.1, 0.15) is 0 Å². The summed E-state index contributed by atoms with van der Waals surface area (Å²) in [5.74, 6) is -5.74. The number of H-pyrrole nitrogens is 1. The van der Waals surface area contributed by atoms with Crippen LogP contribution in [0.5, 0.6) is 0 Å². The molecular formula is C23H24F4N2. The van der Waals surface area contributed by atoms with E-state index >= 15 is 0 Å². The number of nitrogens with zero attached hydrogens (tertiary/aromatic N) is 1. The van der Waals surface area contributed by atoms with E-state index in [0.29, 0.717) is 24.2 Å². The number of hydrogen-bond acceptors (Lipinski definition) is 1. The third-order valence-corrected chi connectivity index (χ3v) is 5.67. The van der Waals surface area contributed by atoms with Crippen LogP contribution in [0.4, 0.5) is 17.6 Å². The number of aliphatic imine (C=N–C) groups is 1. The van der Waals surface area contributed by atoms with Crippen LogP contribution in [-0.2, 0) is 6.42 Å². The quantitative estimate of drug-likeness (QED) is 0.433. The van der Waals surface area contributed by atoms with E-state index < -0.39 is 28.8 Å². The predicted octanol–water partition coefficient (Wildman–Crippen LogP) is 6.71. The van der Waals surface area contributed by atoms with Crippen molar-refractivity contribution in [2.45, 2.75) is 54.4 Å². The first-order valence-corrected chi connectivity index (χ1v) is 9.65. The molecule has 1 N–H and O–H groups in total. The first kappa shape index (κ1) is 21.1. The van der Waals surface area contributed by atoms with Crippen LogP contribution < -0.4 is 0 Å². The summed E-state index contributed by atoms with van der Waals surface area (Å²) >= 11 is 0. The standard InChI is InChI=1S/C23H24F4N2/c1-7-14-10(3)22(28-12(14)5)19(23-11(4)15(8-2)13(6)29-23)18-20(26)16(24)9-17(25)21(18)27/h9,28H,7-8H2,1-6H3. The van der Waals surface area contributed by atoms with E-state index in [1.165, 1.54) is 0 Å². The summed E-state index contributed by atoms with van der Waals surface area (Å²) in [4.78, 5) is 7.72. The Bertz CT molecular complexity index is 1070. The smallest absolute Gasteiger partial charge is 0.169 e. The van der Waals surface area contributed by atoms with Crippen LogP contribution in [-0.4, -0.2) is 10.7 Å². The molecule has 0 atom stereocenters. The van der Waals surface area contributed by atoms with Gasteiger partial charge in [0.2, 0.25) is 0 Å². The van der Waals surface area contributed by atoms with Crippen molar-refractivity contribution in [3.05, 3.63) is 74.3 Å². The summed E-state index contributed by atoms with van der Waals surface area (Å²) in [5.41, 5.74) is 5.09. The van der Waals surface area contributed by atoms with Crippen LogP contribution >= 0.6 is 0 Å². The van der Waals surface area contributed by atoms with Crippen molar-refractivity contribution in [2.24, 2.45) is 4.99 Å². The monoisotopic (exact) mass is 404 g/mol. The molecule has 0 radical (unpaired) electrons. The van der Waals surface area contributed by atoms with Gasteiger partial charge in [-0.3, -0.25) is 4.99 Å². The largest absolute Gasteiger partial charge is 0.358 e. The Kier molecular flexibility index (Phi) is 5.57. The van der Waals surface area contributed by atoms with Crippen molar-refractivity contribution in [2.75, 3.05) is 0 Å². The zero-order valence-corrected chi connectivity index (χ0v) is 17.5. The van der Waals surface area contributed by atoms with Crippen LogP contribution in [0.3, 0.4) is 0 Å². The van der Waals surface area contributed by atoms with Crippen molar-refractivity contribution >= 4 is 11.3 Å². The fraction of sp³-hybridized carbons (Fsp3) is 0.348. The van der Waals surface area contributed by atoms with Gasteiger partial charge in [0.25, 0.3) is 0 Å². The molecule has 3 rings (SSSR count). The molecule has 0 bridgehead atoms. The predicted molar refractivity (Wildman–Crippen MR) is 108 cm³/mol. The number of allylic oxidation sites excluding steroid dienone is 2. The Morgan fingerprint density at radius 2 is 1.52 bits per heavy atom. The van der Waals surface area contributed by atoms with Gasteiger partial charge in [-0.1, -0.05) is 13.8 Å². The summed E-state index contributed by atoms with van der Waals surface area (Å²) in [6, 6.07) is 0.226. The summed E-state index contributed by atoms with van der Waals surface area (Å²) in [7, 11) is 0. The molecular weight excluding hydrogens is 380 g/mol. The van der Waals surface area contributed by atoms with Crippen molar-refractivity contribution in [1.29, 1.82) is 0 Å². The Hall–Kier alpha value is -2.63.